The number of benzene rings is 1. The van der Waals surface area contributed by atoms with Gasteiger partial charge in [0.2, 0.25) is 0 Å². The summed E-state index contributed by atoms with van der Waals surface area (Å²) in [5.74, 6) is 0. The number of likely N-dealkylation sites (N-methyl/N-ethyl adjacent to an activating group) is 1. The molecule has 1 aromatic rings. The number of nitrogens with zero attached hydrogens (tertiary/aromatic N) is 1. The zero-order chi connectivity index (χ0) is 14.5. The molecule has 2 unspecified atom stereocenters. The molecule has 0 bridgehead atoms. The van der Waals surface area contributed by atoms with E-state index in [1.807, 2.05) is 12.1 Å². The van der Waals surface area contributed by atoms with Crippen molar-refractivity contribution in [3.63, 3.8) is 0 Å². The van der Waals surface area contributed by atoms with Crippen molar-refractivity contribution in [2.24, 2.45) is 5.73 Å². The number of methoxy groups -OCH3 is 1. The van der Waals surface area contributed by atoms with E-state index in [0.29, 0.717) is 13.2 Å². The molecule has 0 radical (unpaired) electrons. The van der Waals surface area contributed by atoms with Gasteiger partial charge in [0.15, 0.2) is 0 Å². The van der Waals surface area contributed by atoms with Crippen LogP contribution in [0.5, 0.6) is 0 Å². The van der Waals surface area contributed by atoms with Crippen molar-refractivity contribution in [2.75, 3.05) is 27.3 Å². The molecule has 1 rings (SSSR count). The number of hydrogen-bond acceptors (Lipinski definition) is 3. The molecule has 0 aliphatic carbocycles. The van der Waals surface area contributed by atoms with Gasteiger partial charge in [-0.3, -0.25) is 4.90 Å². The number of halogens is 1. The summed E-state index contributed by atoms with van der Waals surface area (Å²) >= 11 is 5.93. The van der Waals surface area contributed by atoms with Crippen molar-refractivity contribution >= 4 is 11.6 Å². The summed E-state index contributed by atoms with van der Waals surface area (Å²) in [5.41, 5.74) is 7.14. The van der Waals surface area contributed by atoms with Crippen molar-refractivity contribution in [2.45, 2.75) is 31.8 Å². The fraction of sp³-hybridized carbons (Fsp3) is 0.600. The minimum absolute atomic E-state index is 0.0743. The SMILES string of the molecule is COCCC(C)(CN)N(C)C(C)c1ccc(Cl)cc1. The Balaban J connectivity index is 2.84. The molecule has 4 heteroatoms. The number of nitrogens with two attached hydrogens (primary N) is 1. The second-order valence-corrected chi connectivity index (χ2v) is 5.72. The van der Waals surface area contributed by atoms with Crippen LogP contribution >= 0.6 is 11.6 Å². The fourth-order valence-electron chi connectivity index (χ4n) is 2.18. The van der Waals surface area contributed by atoms with Crippen molar-refractivity contribution in [3.05, 3.63) is 34.9 Å². The molecule has 2 N–H and O–H groups in total. The molecule has 0 spiro atoms. The van der Waals surface area contributed by atoms with E-state index >= 15 is 0 Å². The standard InChI is InChI=1S/C15H25ClN2O/c1-12(13-5-7-14(16)8-6-13)18(3)15(2,11-17)9-10-19-4/h5-8,12H,9-11,17H2,1-4H3. The molecule has 0 aliphatic rings. The smallest absolute Gasteiger partial charge is 0.0480 e. The predicted molar refractivity (Wildman–Crippen MR) is 81.6 cm³/mol. The molecular formula is C15H25ClN2O. The van der Waals surface area contributed by atoms with Crippen molar-refractivity contribution in [3.8, 4) is 0 Å². The molecule has 3 nitrogen and oxygen atoms in total. The summed E-state index contributed by atoms with van der Waals surface area (Å²) < 4.78 is 5.19. The summed E-state index contributed by atoms with van der Waals surface area (Å²) in [7, 11) is 3.83. The molecule has 19 heavy (non-hydrogen) atoms. The van der Waals surface area contributed by atoms with Crippen LogP contribution in [-0.2, 0) is 4.74 Å². The van der Waals surface area contributed by atoms with Crippen LogP contribution < -0.4 is 5.73 Å². The van der Waals surface area contributed by atoms with Crippen molar-refractivity contribution in [1.29, 1.82) is 0 Å². The van der Waals surface area contributed by atoms with E-state index in [9.17, 15) is 0 Å². The molecule has 0 aromatic heterocycles. The lowest BCUT2D eigenvalue weighted by Gasteiger charge is -2.42. The van der Waals surface area contributed by atoms with Crippen LogP contribution in [0.15, 0.2) is 24.3 Å². The minimum Gasteiger partial charge on any atom is -0.385 e. The Morgan fingerprint density at radius 2 is 1.95 bits per heavy atom. The summed E-state index contributed by atoms with van der Waals surface area (Å²) in [6.07, 6.45) is 0.911. The van der Waals surface area contributed by atoms with E-state index in [1.165, 1.54) is 5.56 Å². The van der Waals surface area contributed by atoms with Gasteiger partial charge in [-0.15, -0.1) is 0 Å². The van der Waals surface area contributed by atoms with Crippen LogP contribution in [0.2, 0.25) is 5.02 Å². The van der Waals surface area contributed by atoms with Crippen LogP contribution in [0, 0.1) is 0 Å². The van der Waals surface area contributed by atoms with Gasteiger partial charge in [0.05, 0.1) is 0 Å². The van der Waals surface area contributed by atoms with E-state index in [-0.39, 0.29) is 11.6 Å². The molecule has 0 saturated carbocycles. The van der Waals surface area contributed by atoms with Gasteiger partial charge in [0.1, 0.15) is 0 Å². The largest absolute Gasteiger partial charge is 0.385 e. The topological polar surface area (TPSA) is 38.5 Å². The predicted octanol–water partition coefficient (Wildman–Crippen LogP) is 3.09. The monoisotopic (exact) mass is 284 g/mol. The molecule has 108 valence electrons. The third-order valence-corrected chi connectivity index (χ3v) is 4.32. The quantitative estimate of drug-likeness (QED) is 0.836. The van der Waals surface area contributed by atoms with Crippen LogP contribution in [0.3, 0.4) is 0 Å². The van der Waals surface area contributed by atoms with Gasteiger partial charge in [-0.2, -0.15) is 0 Å². The molecule has 0 aliphatic heterocycles. The van der Waals surface area contributed by atoms with Crippen molar-refractivity contribution in [1.82, 2.24) is 4.90 Å². The zero-order valence-electron chi connectivity index (χ0n) is 12.3. The highest BCUT2D eigenvalue weighted by Gasteiger charge is 2.31. The van der Waals surface area contributed by atoms with E-state index < -0.39 is 0 Å². The van der Waals surface area contributed by atoms with Gasteiger partial charge < -0.3 is 10.5 Å². The Bertz CT molecular complexity index is 382. The summed E-state index contributed by atoms with van der Waals surface area (Å²) in [6, 6.07) is 8.27. The second kappa shape index (κ2) is 7.25. The Hall–Kier alpha value is -0.610. The maximum atomic E-state index is 5.97. The Morgan fingerprint density at radius 1 is 1.37 bits per heavy atom. The Labute approximate surface area is 121 Å². The zero-order valence-corrected chi connectivity index (χ0v) is 13.1. The lowest BCUT2D eigenvalue weighted by atomic mass is 9.93. The highest BCUT2D eigenvalue weighted by Crippen LogP contribution is 2.28. The number of rotatable bonds is 7. The first-order valence-electron chi connectivity index (χ1n) is 6.62. The maximum absolute atomic E-state index is 5.97. The van der Waals surface area contributed by atoms with E-state index in [2.05, 4.69) is 37.9 Å². The number of hydrogen-bond donors (Lipinski definition) is 1. The van der Waals surface area contributed by atoms with Crippen LogP contribution in [0.1, 0.15) is 31.9 Å². The minimum atomic E-state index is -0.0743. The average Bonchev–Trinajstić information content (AvgIpc) is 2.44. The molecule has 0 heterocycles. The second-order valence-electron chi connectivity index (χ2n) is 5.28. The van der Waals surface area contributed by atoms with E-state index in [4.69, 9.17) is 22.1 Å². The first-order valence-corrected chi connectivity index (χ1v) is 7.00. The highest BCUT2D eigenvalue weighted by atomic mass is 35.5. The van der Waals surface area contributed by atoms with Crippen LogP contribution in [0.4, 0.5) is 0 Å². The van der Waals surface area contributed by atoms with Gasteiger partial charge in [-0.25, -0.2) is 0 Å². The van der Waals surface area contributed by atoms with Crippen LogP contribution in [0.25, 0.3) is 0 Å². The lowest BCUT2D eigenvalue weighted by Crippen LogP contribution is -2.51. The molecule has 0 saturated heterocycles. The average molecular weight is 285 g/mol. The molecule has 0 amide bonds. The molecular weight excluding hydrogens is 260 g/mol. The third-order valence-electron chi connectivity index (χ3n) is 4.07. The summed E-state index contributed by atoms with van der Waals surface area (Å²) in [4.78, 5) is 2.31. The van der Waals surface area contributed by atoms with Gasteiger partial charge >= 0.3 is 0 Å². The first kappa shape index (κ1) is 16.4. The maximum Gasteiger partial charge on any atom is 0.0480 e. The van der Waals surface area contributed by atoms with Gasteiger partial charge in [0, 0.05) is 36.9 Å². The summed E-state index contributed by atoms with van der Waals surface area (Å²) in [6.45, 7) is 5.68. The highest BCUT2D eigenvalue weighted by molar-refractivity contribution is 6.30. The third kappa shape index (κ3) is 4.18. The Morgan fingerprint density at radius 3 is 2.42 bits per heavy atom. The normalized spacial score (nSPS) is 16.4. The van der Waals surface area contributed by atoms with Crippen molar-refractivity contribution < 1.29 is 4.74 Å². The lowest BCUT2D eigenvalue weighted by molar-refractivity contribution is 0.0616. The van der Waals surface area contributed by atoms with Crippen LogP contribution in [-0.4, -0.2) is 37.7 Å². The number of ether oxygens (including phenoxy) is 1. The molecule has 0 fully saturated rings. The Kier molecular flexibility index (Phi) is 6.27. The van der Waals surface area contributed by atoms with Gasteiger partial charge in [-0.1, -0.05) is 23.7 Å². The molecule has 2 atom stereocenters. The van der Waals surface area contributed by atoms with E-state index in [0.717, 1.165) is 11.4 Å². The fourth-order valence-corrected chi connectivity index (χ4v) is 2.30. The van der Waals surface area contributed by atoms with Gasteiger partial charge in [0.25, 0.3) is 0 Å². The summed E-state index contributed by atoms with van der Waals surface area (Å²) in [5, 5.41) is 0.763. The van der Waals surface area contributed by atoms with Gasteiger partial charge in [-0.05, 0) is 45.0 Å². The van der Waals surface area contributed by atoms with E-state index in [1.54, 1.807) is 7.11 Å². The molecule has 1 aromatic carbocycles. The first-order chi connectivity index (χ1) is 8.94.